The highest BCUT2D eigenvalue weighted by molar-refractivity contribution is 7.99. The van der Waals surface area contributed by atoms with Gasteiger partial charge in [-0.25, -0.2) is 4.98 Å². The third-order valence-corrected chi connectivity index (χ3v) is 6.23. The van der Waals surface area contributed by atoms with E-state index in [1.54, 1.807) is 6.20 Å². The molecule has 0 N–H and O–H groups in total. The minimum absolute atomic E-state index is 0.0122. The third kappa shape index (κ3) is 5.38. The first-order chi connectivity index (χ1) is 13.8. The molecule has 6 heteroatoms. The van der Waals surface area contributed by atoms with Crippen LogP contribution in [-0.2, 0) is 4.79 Å². The number of benzene rings is 1. The van der Waals surface area contributed by atoms with Crippen molar-refractivity contribution in [1.29, 1.82) is 0 Å². The van der Waals surface area contributed by atoms with E-state index in [-0.39, 0.29) is 11.8 Å². The van der Waals surface area contributed by atoms with Gasteiger partial charge in [-0.15, -0.1) is 0 Å². The number of nitrogens with zero attached hydrogens (tertiary/aromatic N) is 3. The van der Waals surface area contributed by atoms with Crippen LogP contribution in [-0.4, -0.2) is 52.8 Å². The molecule has 2 heterocycles. The van der Waals surface area contributed by atoms with E-state index < -0.39 is 0 Å². The zero-order valence-corrected chi connectivity index (χ0v) is 18.5. The lowest BCUT2D eigenvalue weighted by Gasteiger charge is -2.35. The molecule has 0 atom stereocenters. The van der Waals surface area contributed by atoms with Gasteiger partial charge in [-0.2, -0.15) is 0 Å². The summed E-state index contributed by atoms with van der Waals surface area (Å²) in [5, 5.41) is 0.726. The average Bonchev–Trinajstić information content (AvgIpc) is 2.70. The summed E-state index contributed by atoms with van der Waals surface area (Å²) in [4.78, 5) is 34.8. The lowest BCUT2D eigenvalue weighted by atomic mass is 10.1. The van der Waals surface area contributed by atoms with E-state index in [4.69, 9.17) is 0 Å². The minimum atomic E-state index is -0.0122. The molecule has 0 radical (unpaired) electrons. The Kier molecular flexibility index (Phi) is 6.96. The number of hydrogen-bond donors (Lipinski definition) is 0. The normalized spacial score (nSPS) is 14.4. The van der Waals surface area contributed by atoms with E-state index >= 15 is 0 Å². The van der Waals surface area contributed by atoms with Crippen LogP contribution in [0.2, 0.25) is 0 Å². The van der Waals surface area contributed by atoms with Crippen LogP contribution in [0.5, 0.6) is 0 Å². The Labute approximate surface area is 177 Å². The smallest absolute Gasteiger partial charge is 0.256 e. The number of rotatable bonds is 5. The first kappa shape index (κ1) is 21.4. The molecule has 0 bridgehead atoms. The summed E-state index contributed by atoms with van der Waals surface area (Å²) in [5.41, 5.74) is 2.98. The van der Waals surface area contributed by atoms with Gasteiger partial charge in [0.05, 0.1) is 5.56 Å². The molecule has 2 aromatic rings. The van der Waals surface area contributed by atoms with Crippen LogP contribution in [0.15, 0.2) is 46.5 Å². The van der Waals surface area contributed by atoms with Crippen molar-refractivity contribution in [2.75, 3.05) is 26.2 Å². The Hall–Kier alpha value is -2.34. The topological polar surface area (TPSA) is 53.5 Å². The molecule has 1 aliphatic rings. The molecular weight excluding hydrogens is 382 g/mol. The molecule has 1 aliphatic heterocycles. The molecule has 154 valence electrons. The van der Waals surface area contributed by atoms with Crippen LogP contribution in [0, 0.1) is 19.8 Å². The molecule has 1 aromatic carbocycles. The summed E-state index contributed by atoms with van der Waals surface area (Å²) in [6, 6.07) is 9.96. The molecule has 1 saturated heterocycles. The monoisotopic (exact) mass is 411 g/mol. The van der Waals surface area contributed by atoms with Crippen LogP contribution in [0.1, 0.15) is 41.8 Å². The van der Waals surface area contributed by atoms with E-state index in [1.807, 2.05) is 21.9 Å². The van der Waals surface area contributed by atoms with E-state index in [0.29, 0.717) is 44.1 Å². The molecule has 0 aliphatic carbocycles. The van der Waals surface area contributed by atoms with Gasteiger partial charge in [0.2, 0.25) is 5.91 Å². The first-order valence-electron chi connectivity index (χ1n) is 10.1. The SMILES string of the molecule is Cc1ccc(C)c(Sc2ncccc2C(=O)N2CCN(C(=O)CC(C)C)CC2)c1. The highest BCUT2D eigenvalue weighted by Crippen LogP contribution is 2.32. The van der Waals surface area contributed by atoms with E-state index in [0.717, 1.165) is 9.92 Å². The van der Waals surface area contributed by atoms with Crippen LogP contribution in [0.4, 0.5) is 0 Å². The molecule has 1 aromatic heterocycles. The van der Waals surface area contributed by atoms with Gasteiger partial charge < -0.3 is 9.80 Å². The van der Waals surface area contributed by atoms with Crippen molar-refractivity contribution in [2.45, 2.75) is 44.0 Å². The van der Waals surface area contributed by atoms with Crippen molar-refractivity contribution in [3.8, 4) is 0 Å². The van der Waals surface area contributed by atoms with E-state index in [2.05, 4.69) is 50.9 Å². The lowest BCUT2D eigenvalue weighted by Crippen LogP contribution is -2.50. The molecular formula is C23H29N3O2S. The largest absolute Gasteiger partial charge is 0.339 e. The average molecular weight is 412 g/mol. The van der Waals surface area contributed by atoms with E-state index in [9.17, 15) is 9.59 Å². The standard InChI is InChI=1S/C23H29N3O2S/c1-16(2)14-21(27)25-10-12-26(13-11-25)23(28)19-6-5-9-24-22(19)29-20-15-17(3)7-8-18(20)4/h5-9,15-16H,10-14H2,1-4H3. The Morgan fingerprint density at radius 3 is 2.45 bits per heavy atom. The van der Waals surface area contributed by atoms with Crippen molar-refractivity contribution < 1.29 is 9.59 Å². The maximum absolute atomic E-state index is 13.2. The summed E-state index contributed by atoms with van der Waals surface area (Å²) >= 11 is 1.54. The van der Waals surface area contributed by atoms with Crippen molar-refractivity contribution in [3.63, 3.8) is 0 Å². The molecule has 0 saturated carbocycles. The first-order valence-corrected chi connectivity index (χ1v) is 10.9. The summed E-state index contributed by atoms with van der Waals surface area (Å²) in [7, 11) is 0. The molecule has 2 amide bonds. The van der Waals surface area contributed by atoms with Gasteiger partial charge in [0.25, 0.3) is 5.91 Å². The van der Waals surface area contributed by atoms with Gasteiger partial charge in [-0.05, 0) is 49.1 Å². The van der Waals surface area contributed by atoms with Crippen LogP contribution >= 0.6 is 11.8 Å². The Balaban J connectivity index is 1.71. The predicted octanol–water partition coefficient (Wildman–Crippen LogP) is 4.18. The number of hydrogen-bond acceptors (Lipinski definition) is 4. The van der Waals surface area contributed by atoms with Crippen molar-refractivity contribution in [3.05, 3.63) is 53.2 Å². The van der Waals surface area contributed by atoms with E-state index in [1.165, 1.54) is 22.9 Å². The molecule has 5 nitrogen and oxygen atoms in total. The summed E-state index contributed by atoms with van der Waals surface area (Å²) in [5.74, 6) is 0.517. The number of carbonyl (C=O) groups excluding carboxylic acids is 2. The van der Waals surface area contributed by atoms with Gasteiger partial charge >= 0.3 is 0 Å². The maximum atomic E-state index is 13.2. The highest BCUT2D eigenvalue weighted by atomic mass is 32.2. The molecule has 1 fully saturated rings. The van der Waals surface area contributed by atoms with Gasteiger partial charge in [0.1, 0.15) is 5.03 Å². The second-order valence-electron chi connectivity index (χ2n) is 8.00. The number of piperazine rings is 1. The van der Waals surface area contributed by atoms with Crippen molar-refractivity contribution >= 4 is 23.6 Å². The quantitative estimate of drug-likeness (QED) is 0.741. The van der Waals surface area contributed by atoms with Crippen molar-refractivity contribution in [1.82, 2.24) is 14.8 Å². The predicted molar refractivity (Wildman–Crippen MR) is 116 cm³/mol. The summed E-state index contributed by atoms with van der Waals surface area (Å²) < 4.78 is 0. The minimum Gasteiger partial charge on any atom is -0.339 e. The fourth-order valence-corrected chi connectivity index (χ4v) is 4.42. The molecule has 3 rings (SSSR count). The molecule has 0 spiro atoms. The number of carbonyl (C=O) groups is 2. The van der Waals surface area contributed by atoms with Gasteiger partial charge in [0, 0.05) is 43.7 Å². The van der Waals surface area contributed by atoms with Gasteiger partial charge in [0.15, 0.2) is 0 Å². The van der Waals surface area contributed by atoms with Crippen LogP contribution < -0.4 is 0 Å². The van der Waals surface area contributed by atoms with Gasteiger partial charge in [-0.3, -0.25) is 9.59 Å². The van der Waals surface area contributed by atoms with Crippen LogP contribution in [0.25, 0.3) is 0 Å². The Morgan fingerprint density at radius 1 is 1.07 bits per heavy atom. The number of pyridine rings is 1. The maximum Gasteiger partial charge on any atom is 0.256 e. The van der Waals surface area contributed by atoms with Crippen molar-refractivity contribution in [2.24, 2.45) is 5.92 Å². The second kappa shape index (κ2) is 9.44. The fraction of sp³-hybridized carbons (Fsp3) is 0.435. The van der Waals surface area contributed by atoms with Gasteiger partial charge in [-0.1, -0.05) is 37.7 Å². The number of amides is 2. The Morgan fingerprint density at radius 2 is 1.76 bits per heavy atom. The second-order valence-corrected chi connectivity index (χ2v) is 9.03. The highest BCUT2D eigenvalue weighted by Gasteiger charge is 2.26. The fourth-order valence-electron chi connectivity index (χ4n) is 3.36. The molecule has 0 unspecified atom stereocenters. The van der Waals surface area contributed by atoms with Crippen LogP contribution in [0.3, 0.4) is 0 Å². The Bertz CT molecular complexity index is 889. The summed E-state index contributed by atoms with van der Waals surface area (Å²) in [6.45, 7) is 10.5. The summed E-state index contributed by atoms with van der Waals surface area (Å²) in [6.07, 6.45) is 2.29. The molecule has 29 heavy (non-hydrogen) atoms. The lowest BCUT2D eigenvalue weighted by molar-refractivity contribution is -0.133. The third-order valence-electron chi connectivity index (χ3n) is 5.05. The zero-order valence-electron chi connectivity index (χ0n) is 17.6. The number of aromatic nitrogens is 1. The number of aryl methyl sites for hydroxylation is 2. The zero-order chi connectivity index (χ0) is 21.0.